The molecule has 0 saturated heterocycles. The predicted octanol–water partition coefficient (Wildman–Crippen LogP) is 4.29. The molecule has 0 aliphatic rings. The Balaban J connectivity index is 1.64. The van der Waals surface area contributed by atoms with Gasteiger partial charge in [-0.15, -0.1) is 0 Å². The van der Waals surface area contributed by atoms with Gasteiger partial charge in [-0.25, -0.2) is 18.1 Å². The molecule has 0 saturated carbocycles. The molecule has 0 aliphatic heterocycles. The number of hydrogen-bond acceptors (Lipinski definition) is 4. The fourth-order valence-corrected chi connectivity index (χ4v) is 3.82. The number of nitrogens with one attached hydrogen (secondary N) is 1. The molecule has 0 unspecified atom stereocenters. The van der Waals surface area contributed by atoms with Crippen LogP contribution in [-0.4, -0.2) is 19.9 Å². The lowest BCUT2D eigenvalue weighted by Crippen LogP contribution is -2.26. The van der Waals surface area contributed by atoms with E-state index in [1.807, 2.05) is 49.4 Å². The Labute approximate surface area is 160 Å². The van der Waals surface area contributed by atoms with Crippen molar-refractivity contribution in [3.05, 3.63) is 71.6 Å². The van der Waals surface area contributed by atoms with Crippen LogP contribution in [0.4, 0.5) is 0 Å². The van der Waals surface area contributed by atoms with E-state index in [-0.39, 0.29) is 11.4 Å². The van der Waals surface area contributed by atoms with E-state index in [0.717, 1.165) is 16.8 Å². The zero-order chi connectivity index (χ0) is 19.4. The Morgan fingerprint density at radius 3 is 2.33 bits per heavy atom. The lowest BCUT2D eigenvalue weighted by atomic mass is 10.0. The Morgan fingerprint density at radius 1 is 1.04 bits per heavy atom. The number of oxazole rings is 1. The van der Waals surface area contributed by atoms with Gasteiger partial charge in [0.05, 0.1) is 10.6 Å². The second-order valence-corrected chi connectivity index (χ2v) is 8.53. The van der Waals surface area contributed by atoms with Gasteiger partial charge in [-0.3, -0.25) is 0 Å². The molecule has 0 spiro atoms. The van der Waals surface area contributed by atoms with Gasteiger partial charge in [0.2, 0.25) is 15.9 Å². The fourth-order valence-electron chi connectivity index (χ4n) is 2.78. The fraction of sp³-hybridized carbons (Fsp3) is 0.286. The maximum absolute atomic E-state index is 12.5. The normalized spacial score (nSPS) is 11.9. The number of aromatic nitrogens is 1. The Kier molecular flexibility index (Phi) is 5.77. The lowest BCUT2D eigenvalue weighted by Gasteiger charge is -2.09. The third-order valence-corrected chi connectivity index (χ3v) is 5.90. The number of aryl methyl sites for hydroxylation is 1. The van der Waals surface area contributed by atoms with E-state index in [4.69, 9.17) is 4.42 Å². The molecule has 1 heterocycles. The molecule has 27 heavy (non-hydrogen) atoms. The molecule has 0 amide bonds. The van der Waals surface area contributed by atoms with Crippen LogP contribution in [0.1, 0.15) is 36.8 Å². The van der Waals surface area contributed by atoms with Crippen molar-refractivity contribution in [2.75, 3.05) is 6.54 Å². The molecular weight excluding hydrogens is 360 g/mol. The number of nitrogens with zero attached hydrogens (tertiary/aromatic N) is 1. The third-order valence-electron chi connectivity index (χ3n) is 4.42. The van der Waals surface area contributed by atoms with E-state index in [2.05, 4.69) is 23.6 Å². The van der Waals surface area contributed by atoms with Gasteiger partial charge in [0.15, 0.2) is 0 Å². The maximum atomic E-state index is 12.5. The highest BCUT2D eigenvalue weighted by molar-refractivity contribution is 7.89. The van der Waals surface area contributed by atoms with Gasteiger partial charge in [0, 0.05) is 18.5 Å². The van der Waals surface area contributed by atoms with Gasteiger partial charge >= 0.3 is 0 Å². The van der Waals surface area contributed by atoms with Crippen molar-refractivity contribution < 1.29 is 12.8 Å². The lowest BCUT2D eigenvalue weighted by molar-refractivity contribution is 0.538. The Morgan fingerprint density at radius 2 is 1.70 bits per heavy atom. The summed E-state index contributed by atoms with van der Waals surface area (Å²) < 4.78 is 33.3. The van der Waals surface area contributed by atoms with Gasteiger partial charge in [-0.05, 0) is 42.7 Å². The second-order valence-electron chi connectivity index (χ2n) is 6.76. The summed E-state index contributed by atoms with van der Waals surface area (Å²) in [5.41, 5.74) is 2.77. The van der Waals surface area contributed by atoms with Crippen LogP contribution in [0, 0.1) is 6.92 Å². The minimum Gasteiger partial charge on any atom is -0.441 e. The van der Waals surface area contributed by atoms with Crippen LogP contribution in [0.25, 0.3) is 11.5 Å². The molecule has 2 aromatic carbocycles. The molecule has 0 radical (unpaired) electrons. The number of benzene rings is 2. The van der Waals surface area contributed by atoms with Crippen molar-refractivity contribution >= 4 is 10.0 Å². The van der Waals surface area contributed by atoms with Crippen molar-refractivity contribution in [2.24, 2.45) is 0 Å². The monoisotopic (exact) mass is 384 g/mol. The van der Waals surface area contributed by atoms with Crippen LogP contribution in [-0.2, 0) is 16.4 Å². The summed E-state index contributed by atoms with van der Waals surface area (Å²) in [4.78, 5) is 4.77. The SMILES string of the molecule is Cc1oc(-c2ccccc2)nc1CCNS(=O)(=O)c1ccc(C(C)C)cc1. The summed E-state index contributed by atoms with van der Waals surface area (Å²) >= 11 is 0. The number of hydrogen-bond donors (Lipinski definition) is 1. The van der Waals surface area contributed by atoms with Gasteiger partial charge in [-0.2, -0.15) is 0 Å². The predicted molar refractivity (Wildman–Crippen MR) is 106 cm³/mol. The summed E-state index contributed by atoms with van der Waals surface area (Å²) in [6, 6.07) is 16.6. The molecule has 5 nitrogen and oxygen atoms in total. The number of sulfonamides is 1. The van der Waals surface area contributed by atoms with Gasteiger partial charge in [-0.1, -0.05) is 44.2 Å². The summed E-state index contributed by atoms with van der Waals surface area (Å²) in [5.74, 6) is 1.62. The first kappa shape index (κ1) is 19.3. The summed E-state index contributed by atoms with van der Waals surface area (Å²) in [6.07, 6.45) is 0.464. The van der Waals surface area contributed by atoms with Crippen molar-refractivity contribution in [3.8, 4) is 11.5 Å². The van der Waals surface area contributed by atoms with Crippen molar-refractivity contribution in [1.29, 1.82) is 0 Å². The molecule has 3 rings (SSSR count). The van der Waals surface area contributed by atoms with E-state index >= 15 is 0 Å². The van der Waals surface area contributed by atoms with Crippen LogP contribution >= 0.6 is 0 Å². The second kappa shape index (κ2) is 8.06. The Hall–Kier alpha value is -2.44. The van der Waals surface area contributed by atoms with Gasteiger partial charge < -0.3 is 4.42 Å². The molecule has 0 bridgehead atoms. The van der Waals surface area contributed by atoms with Crippen molar-refractivity contribution in [1.82, 2.24) is 9.71 Å². The summed E-state index contributed by atoms with van der Waals surface area (Å²) in [7, 11) is -3.54. The average Bonchev–Trinajstić information content (AvgIpc) is 3.03. The molecule has 0 aliphatic carbocycles. The van der Waals surface area contributed by atoms with Crippen LogP contribution in [0.5, 0.6) is 0 Å². The van der Waals surface area contributed by atoms with Gasteiger partial charge in [0.25, 0.3) is 0 Å². The van der Waals surface area contributed by atoms with Crippen molar-refractivity contribution in [2.45, 2.75) is 38.0 Å². The van der Waals surface area contributed by atoms with Crippen LogP contribution in [0.3, 0.4) is 0 Å². The molecule has 1 aromatic heterocycles. The van der Waals surface area contributed by atoms with E-state index in [1.165, 1.54) is 0 Å². The first-order valence-corrected chi connectivity index (χ1v) is 10.5. The van der Waals surface area contributed by atoms with Crippen LogP contribution < -0.4 is 4.72 Å². The smallest absolute Gasteiger partial charge is 0.240 e. The summed E-state index contributed by atoms with van der Waals surface area (Å²) in [6.45, 7) is 6.25. The standard InChI is InChI=1S/C21H24N2O3S/c1-15(2)17-9-11-19(12-10-17)27(24,25)22-14-13-20-16(3)26-21(23-20)18-7-5-4-6-8-18/h4-12,15,22H,13-14H2,1-3H3. The first-order chi connectivity index (χ1) is 12.9. The molecular formula is C21H24N2O3S. The quantitative estimate of drug-likeness (QED) is 0.659. The molecule has 6 heteroatoms. The topological polar surface area (TPSA) is 72.2 Å². The molecule has 142 valence electrons. The van der Waals surface area contributed by atoms with Crippen LogP contribution in [0.15, 0.2) is 63.9 Å². The van der Waals surface area contributed by atoms with E-state index in [0.29, 0.717) is 24.0 Å². The minimum atomic E-state index is -3.54. The first-order valence-electron chi connectivity index (χ1n) is 8.98. The van der Waals surface area contributed by atoms with Gasteiger partial charge in [0.1, 0.15) is 5.76 Å². The minimum absolute atomic E-state index is 0.260. The zero-order valence-electron chi connectivity index (χ0n) is 15.8. The average molecular weight is 385 g/mol. The molecule has 0 atom stereocenters. The van der Waals surface area contributed by atoms with E-state index < -0.39 is 10.0 Å². The van der Waals surface area contributed by atoms with E-state index in [1.54, 1.807) is 12.1 Å². The van der Waals surface area contributed by atoms with E-state index in [9.17, 15) is 8.42 Å². The molecule has 3 aromatic rings. The Bertz CT molecular complexity index is 992. The van der Waals surface area contributed by atoms with Crippen LogP contribution in [0.2, 0.25) is 0 Å². The number of rotatable bonds is 7. The third kappa shape index (κ3) is 4.64. The highest BCUT2D eigenvalue weighted by Gasteiger charge is 2.16. The zero-order valence-corrected chi connectivity index (χ0v) is 16.6. The highest BCUT2D eigenvalue weighted by Crippen LogP contribution is 2.22. The molecule has 0 fully saturated rings. The van der Waals surface area contributed by atoms with Crippen molar-refractivity contribution in [3.63, 3.8) is 0 Å². The largest absolute Gasteiger partial charge is 0.441 e. The summed E-state index contributed by atoms with van der Waals surface area (Å²) in [5, 5.41) is 0. The molecule has 1 N–H and O–H groups in total. The highest BCUT2D eigenvalue weighted by atomic mass is 32.2. The maximum Gasteiger partial charge on any atom is 0.240 e.